The maximum absolute atomic E-state index is 6.23. The Labute approximate surface area is 186 Å². The Morgan fingerprint density at radius 3 is 2.55 bits per heavy atom. The van der Waals surface area contributed by atoms with E-state index in [1.807, 2.05) is 54.6 Å². The second-order valence-electron chi connectivity index (χ2n) is 6.42. The van der Waals surface area contributed by atoms with Crippen molar-refractivity contribution in [1.82, 2.24) is 5.32 Å². The summed E-state index contributed by atoms with van der Waals surface area (Å²) < 4.78 is 16.8. The Hall–Kier alpha value is -2.11. The lowest BCUT2D eigenvalue weighted by molar-refractivity contribution is -0.00000730. The van der Waals surface area contributed by atoms with Crippen LogP contribution in [0.3, 0.4) is 0 Å². The van der Waals surface area contributed by atoms with Crippen molar-refractivity contribution in [1.29, 1.82) is 0 Å². The molecule has 7 heteroatoms. The van der Waals surface area contributed by atoms with Crippen LogP contribution < -0.4 is 31.9 Å². The highest BCUT2D eigenvalue weighted by atomic mass is 35.5. The molecule has 4 rings (SSSR count). The Kier molecular flexibility index (Phi) is 7.51. The molecule has 0 spiro atoms. The average Bonchev–Trinajstić information content (AvgIpc) is 3.16. The molecule has 152 valence electrons. The van der Waals surface area contributed by atoms with Crippen LogP contribution >= 0.6 is 23.2 Å². The fourth-order valence-corrected chi connectivity index (χ4v) is 3.44. The van der Waals surface area contributed by atoms with Crippen LogP contribution in [-0.4, -0.2) is 6.79 Å². The molecule has 1 N–H and O–H groups in total. The highest BCUT2D eigenvalue weighted by Gasteiger charge is 2.13. The summed E-state index contributed by atoms with van der Waals surface area (Å²) in [6, 6.07) is 19.3. The lowest BCUT2D eigenvalue weighted by Gasteiger charge is -2.13. The minimum Gasteiger partial charge on any atom is -1.00 e. The highest BCUT2D eigenvalue weighted by Crippen LogP contribution is 2.32. The number of benzene rings is 3. The van der Waals surface area contributed by atoms with Crippen LogP contribution in [0.5, 0.6) is 17.2 Å². The van der Waals surface area contributed by atoms with Gasteiger partial charge < -0.3 is 31.9 Å². The lowest BCUT2D eigenvalue weighted by Crippen LogP contribution is -3.00. The van der Waals surface area contributed by atoms with Crippen molar-refractivity contribution in [2.24, 2.45) is 0 Å². The van der Waals surface area contributed by atoms with Gasteiger partial charge in [0.2, 0.25) is 6.79 Å². The van der Waals surface area contributed by atoms with Crippen LogP contribution in [0.25, 0.3) is 0 Å². The van der Waals surface area contributed by atoms with Gasteiger partial charge in [-0.25, -0.2) is 0 Å². The van der Waals surface area contributed by atoms with Gasteiger partial charge in [0.1, 0.15) is 12.4 Å². The van der Waals surface area contributed by atoms with Crippen molar-refractivity contribution >= 4 is 23.2 Å². The maximum atomic E-state index is 6.23. The number of nitrogens with one attached hydrogen (secondary N) is 1. The smallest absolute Gasteiger partial charge is 0.231 e. The number of fused-ring (bicyclic) bond motifs is 1. The molecule has 1 aliphatic rings. The molecule has 3 aromatic rings. The molecule has 0 aliphatic carbocycles. The van der Waals surface area contributed by atoms with E-state index < -0.39 is 0 Å². The number of ether oxygens (including phenoxy) is 3. The van der Waals surface area contributed by atoms with E-state index in [4.69, 9.17) is 37.4 Å². The second-order valence-corrected chi connectivity index (χ2v) is 7.27. The van der Waals surface area contributed by atoms with Gasteiger partial charge in [0.25, 0.3) is 0 Å². The Morgan fingerprint density at radius 2 is 1.69 bits per heavy atom. The van der Waals surface area contributed by atoms with Gasteiger partial charge in [-0.2, -0.15) is 0 Å². The summed E-state index contributed by atoms with van der Waals surface area (Å²) in [5, 5.41) is 4.66. The molecule has 0 atom stereocenters. The van der Waals surface area contributed by atoms with Crippen molar-refractivity contribution in [3.8, 4) is 17.2 Å². The van der Waals surface area contributed by atoms with Gasteiger partial charge in [0.15, 0.2) is 11.5 Å². The number of halogens is 3. The van der Waals surface area contributed by atoms with Gasteiger partial charge in [-0.15, -0.1) is 0 Å². The normalized spacial score (nSPS) is 11.8. The van der Waals surface area contributed by atoms with Crippen molar-refractivity contribution in [2.75, 3.05) is 6.79 Å². The van der Waals surface area contributed by atoms with E-state index >= 15 is 0 Å². The van der Waals surface area contributed by atoms with E-state index in [-0.39, 0.29) is 19.2 Å². The minimum absolute atomic E-state index is 0. The molecule has 0 unspecified atom stereocenters. The Balaban J connectivity index is 0.00000240. The first-order chi connectivity index (χ1) is 13.7. The van der Waals surface area contributed by atoms with Crippen molar-refractivity contribution in [3.05, 3.63) is 87.4 Å². The monoisotopic (exact) mass is 450 g/mol. The Morgan fingerprint density at radius 1 is 0.862 bits per heavy atom. The molecule has 0 aromatic heterocycles. The van der Waals surface area contributed by atoms with E-state index in [2.05, 4.69) is 5.32 Å². The van der Waals surface area contributed by atoms with E-state index in [9.17, 15) is 0 Å². The molecule has 0 radical (unpaired) electrons. The summed E-state index contributed by atoms with van der Waals surface area (Å²) in [6.45, 7) is 2.07. The van der Waals surface area contributed by atoms with Gasteiger partial charge in [-0.1, -0.05) is 53.5 Å². The first kappa shape index (κ1) is 21.6. The van der Waals surface area contributed by atoms with Crippen LogP contribution in [0.2, 0.25) is 10.0 Å². The van der Waals surface area contributed by atoms with Gasteiger partial charge in [0.05, 0.1) is 0 Å². The van der Waals surface area contributed by atoms with Crippen LogP contribution in [0, 0.1) is 0 Å². The van der Waals surface area contributed by atoms with E-state index in [0.717, 1.165) is 33.9 Å². The fraction of sp³-hybridized carbons (Fsp3) is 0.182. The van der Waals surface area contributed by atoms with E-state index in [1.165, 1.54) is 0 Å². The number of hydrogen-bond acceptors (Lipinski definition) is 4. The third-order valence-corrected chi connectivity index (χ3v) is 5.04. The van der Waals surface area contributed by atoms with Gasteiger partial charge in [0, 0.05) is 34.3 Å². The highest BCUT2D eigenvalue weighted by molar-refractivity contribution is 6.35. The molecule has 0 fully saturated rings. The van der Waals surface area contributed by atoms with Gasteiger partial charge in [-0.05, 0) is 35.9 Å². The van der Waals surface area contributed by atoms with Crippen LogP contribution in [0.4, 0.5) is 0 Å². The molecule has 3 aromatic carbocycles. The van der Waals surface area contributed by atoms with Gasteiger partial charge in [-0.3, -0.25) is 0 Å². The quantitative estimate of drug-likeness (QED) is 0.599. The van der Waals surface area contributed by atoms with Crippen LogP contribution in [0.15, 0.2) is 60.7 Å². The molecule has 4 nitrogen and oxygen atoms in total. The first-order valence-corrected chi connectivity index (χ1v) is 9.68. The van der Waals surface area contributed by atoms with Crippen molar-refractivity contribution in [2.45, 2.75) is 19.7 Å². The molecular formula is C22H19Cl3NO3-. The molecule has 0 amide bonds. The molecular weight excluding hydrogens is 433 g/mol. The number of rotatable bonds is 7. The van der Waals surface area contributed by atoms with Crippen LogP contribution in [0.1, 0.15) is 16.7 Å². The zero-order valence-electron chi connectivity index (χ0n) is 15.5. The summed E-state index contributed by atoms with van der Waals surface area (Å²) in [4.78, 5) is 0. The predicted molar refractivity (Wildman–Crippen MR) is 110 cm³/mol. The molecule has 0 saturated heterocycles. The van der Waals surface area contributed by atoms with Crippen molar-refractivity contribution in [3.63, 3.8) is 0 Å². The number of para-hydroxylation sites is 1. The molecule has 1 heterocycles. The number of hydrogen-bond donors (Lipinski definition) is 1. The van der Waals surface area contributed by atoms with Crippen LogP contribution in [-0.2, 0) is 19.7 Å². The van der Waals surface area contributed by atoms with E-state index in [1.54, 1.807) is 6.07 Å². The lowest BCUT2D eigenvalue weighted by atomic mass is 10.1. The third kappa shape index (κ3) is 5.49. The van der Waals surface area contributed by atoms with E-state index in [0.29, 0.717) is 29.7 Å². The fourth-order valence-electron chi connectivity index (χ4n) is 2.98. The third-order valence-electron chi connectivity index (χ3n) is 4.45. The summed E-state index contributed by atoms with van der Waals surface area (Å²) in [5.41, 5.74) is 3.11. The first-order valence-electron chi connectivity index (χ1n) is 8.93. The van der Waals surface area contributed by atoms with Gasteiger partial charge >= 0.3 is 0 Å². The molecule has 0 bridgehead atoms. The molecule has 1 aliphatic heterocycles. The maximum Gasteiger partial charge on any atom is 0.231 e. The molecule has 0 saturated carbocycles. The molecule has 29 heavy (non-hydrogen) atoms. The zero-order valence-corrected chi connectivity index (χ0v) is 17.7. The second kappa shape index (κ2) is 10.1. The minimum atomic E-state index is 0. The predicted octanol–water partition coefficient (Wildman–Crippen LogP) is 2.59. The zero-order chi connectivity index (χ0) is 19.3. The SMILES string of the molecule is Clc1ccc(COc2ccccc2CNCc2ccc3c(c2)OCO3)c(Cl)c1.[Cl-]. The summed E-state index contributed by atoms with van der Waals surface area (Å²) in [5.74, 6) is 2.41. The summed E-state index contributed by atoms with van der Waals surface area (Å²) >= 11 is 12.2. The largest absolute Gasteiger partial charge is 1.00 e. The Bertz CT molecular complexity index is 981. The summed E-state index contributed by atoms with van der Waals surface area (Å²) in [6.07, 6.45) is 0. The summed E-state index contributed by atoms with van der Waals surface area (Å²) in [7, 11) is 0. The standard InChI is InChI=1S/C22H19Cl2NO3.ClH/c23-18-7-6-17(19(24)10-18)13-26-20-4-2-1-3-16(20)12-25-11-15-5-8-21-22(9-15)28-14-27-21;/h1-10,25H,11-14H2;1H/p-1. The topological polar surface area (TPSA) is 39.7 Å². The average molecular weight is 452 g/mol. The van der Waals surface area contributed by atoms with Crippen molar-refractivity contribution < 1.29 is 26.6 Å².